The molecule has 0 saturated carbocycles. The number of anilines is 1. The summed E-state index contributed by atoms with van der Waals surface area (Å²) in [6.07, 6.45) is 1.69. The van der Waals surface area contributed by atoms with Crippen LogP contribution in [0.1, 0.15) is 31.3 Å². The zero-order chi connectivity index (χ0) is 15.1. The van der Waals surface area contributed by atoms with E-state index in [1.54, 1.807) is 12.3 Å². The Hall–Kier alpha value is -1.62. The zero-order valence-corrected chi connectivity index (χ0v) is 13.1. The van der Waals surface area contributed by atoms with Gasteiger partial charge in [-0.2, -0.15) is 0 Å². The molecule has 0 aliphatic heterocycles. The maximum absolute atomic E-state index is 12.2. The molecule has 0 aromatic carbocycles. The number of amides is 1. The predicted octanol–water partition coefficient (Wildman–Crippen LogP) is 1.83. The van der Waals surface area contributed by atoms with Crippen LogP contribution >= 0.6 is 0 Å². The van der Waals surface area contributed by atoms with Crippen LogP contribution in [0.25, 0.3) is 0 Å². The molecule has 1 aromatic rings. The molecule has 1 rings (SSSR count). The third-order valence-corrected chi connectivity index (χ3v) is 3.06. The van der Waals surface area contributed by atoms with Gasteiger partial charge in [0.1, 0.15) is 5.69 Å². The van der Waals surface area contributed by atoms with E-state index in [1.807, 2.05) is 27.1 Å². The minimum absolute atomic E-state index is 0.117. The van der Waals surface area contributed by atoms with Crippen LogP contribution in [0.3, 0.4) is 0 Å². The van der Waals surface area contributed by atoms with Gasteiger partial charge >= 0.3 is 0 Å². The molecule has 1 aromatic heterocycles. The predicted molar refractivity (Wildman–Crippen MR) is 83.0 cm³/mol. The molecule has 1 heterocycles. The molecule has 5 nitrogen and oxygen atoms in total. The molecule has 112 valence electrons. The van der Waals surface area contributed by atoms with Crippen molar-refractivity contribution in [2.45, 2.75) is 26.8 Å². The highest BCUT2D eigenvalue weighted by Gasteiger charge is 2.18. The van der Waals surface area contributed by atoms with Crippen LogP contribution in [0.5, 0.6) is 0 Å². The Morgan fingerprint density at radius 3 is 2.50 bits per heavy atom. The summed E-state index contributed by atoms with van der Waals surface area (Å²) in [6, 6.07) is 3.75. The largest absolute Gasteiger partial charge is 0.384 e. The first-order valence-corrected chi connectivity index (χ1v) is 7.09. The van der Waals surface area contributed by atoms with Crippen LogP contribution in [-0.2, 0) is 0 Å². The van der Waals surface area contributed by atoms with Gasteiger partial charge in [0.15, 0.2) is 0 Å². The van der Waals surface area contributed by atoms with Crippen LogP contribution in [0.15, 0.2) is 18.3 Å². The van der Waals surface area contributed by atoms with E-state index in [9.17, 15) is 4.79 Å². The van der Waals surface area contributed by atoms with E-state index in [-0.39, 0.29) is 11.9 Å². The number of aromatic nitrogens is 1. The van der Waals surface area contributed by atoms with Crippen molar-refractivity contribution in [1.29, 1.82) is 0 Å². The third kappa shape index (κ3) is 5.17. The van der Waals surface area contributed by atoms with Crippen molar-refractivity contribution in [2.75, 3.05) is 32.5 Å². The van der Waals surface area contributed by atoms with Gasteiger partial charge in [-0.05, 0) is 39.1 Å². The van der Waals surface area contributed by atoms with Crippen LogP contribution in [0, 0.1) is 5.92 Å². The maximum Gasteiger partial charge on any atom is 0.270 e. The number of pyridine rings is 1. The lowest BCUT2D eigenvalue weighted by molar-refractivity contribution is 0.0911. The number of carbonyl (C=O) groups is 1. The van der Waals surface area contributed by atoms with Crippen LogP contribution < -0.4 is 10.6 Å². The normalized spacial score (nSPS) is 12.6. The summed E-state index contributed by atoms with van der Waals surface area (Å²) in [5.41, 5.74) is 1.38. The minimum Gasteiger partial charge on any atom is -0.384 e. The number of likely N-dealkylation sites (N-methyl/N-ethyl adjacent to an activating group) is 1. The van der Waals surface area contributed by atoms with E-state index in [0.29, 0.717) is 11.6 Å². The average Bonchev–Trinajstić information content (AvgIpc) is 2.38. The van der Waals surface area contributed by atoms with Gasteiger partial charge in [0.05, 0.1) is 11.9 Å². The van der Waals surface area contributed by atoms with Crippen molar-refractivity contribution in [3.05, 3.63) is 24.0 Å². The van der Waals surface area contributed by atoms with E-state index in [4.69, 9.17) is 0 Å². The lowest BCUT2D eigenvalue weighted by Gasteiger charge is -2.25. The van der Waals surface area contributed by atoms with Gasteiger partial charge in [0.2, 0.25) is 0 Å². The quantitative estimate of drug-likeness (QED) is 0.799. The maximum atomic E-state index is 12.2. The van der Waals surface area contributed by atoms with Gasteiger partial charge in [0.25, 0.3) is 5.91 Å². The Morgan fingerprint density at radius 1 is 1.35 bits per heavy atom. The molecule has 1 unspecified atom stereocenters. The minimum atomic E-state index is -0.117. The topological polar surface area (TPSA) is 57.3 Å². The molecule has 1 amide bonds. The monoisotopic (exact) mass is 278 g/mol. The molecule has 0 bridgehead atoms. The van der Waals surface area contributed by atoms with E-state index in [1.165, 1.54) is 0 Å². The van der Waals surface area contributed by atoms with E-state index >= 15 is 0 Å². The van der Waals surface area contributed by atoms with Crippen molar-refractivity contribution in [3.63, 3.8) is 0 Å². The summed E-state index contributed by atoms with van der Waals surface area (Å²) < 4.78 is 0. The Morgan fingerprint density at radius 2 is 2.05 bits per heavy atom. The Labute approximate surface area is 121 Å². The summed E-state index contributed by atoms with van der Waals surface area (Å²) in [7, 11) is 4.01. The lowest BCUT2D eigenvalue weighted by atomic mass is 10.0. The van der Waals surface area contributed by atoms with Gasteiger partial charge in [0, 0.05) is 19.1 Å². The standard InChI is InChI=1S/C15H26N4O/c1-6-16-12-7-8-13(17-9-12)15(20)18-14(11(2)3)10-19(4)5/h7-9,11,14,16H,6,10H2,1-5H3,(H,18,20). The number of nitrogens with zero attached hydrogens (tertiary/aromatic N) is 2. The fourth-order valence-corrected chi connectivity index (χ4v) is 1.90. The fourth-order valence-electron chi connectivity index (χ4n) is 1.90. The van der Waals surface area contributed by atoms with Crippen molar-refractivity contribution in [2.24, 2.45) is 5.92 Å². The van der Waals surface area contributed by atoms with Crippen molar-refractivity contribution < 1.29 is 4.79 Å². The van der Waals surface area contributed by atoms with E-state index in [2.05, 4.69) is 34.4 Å². The smallest absolute Gasteiger partial charge is 0.270 e. The number of nitrogens with one attached hydrogen (secondary N) is 2. The molecule has 1 atom stereocenters. The highest BCUT2D eigenvalue weighted by atomic mass is 16.1. The third-order valence-electron chi connectivity index (χ3n) is 3.06. The molecule has 0 fully saturated rings. The second kappa shape index (κ2) is 7.85. The molecule has 0 spiro atoms. The molecule has 0 saturated heterocycles. The molecular weight excluding hydrogens is 252 g/mol. The Balaban J connectivity index is 2.68. The molecule has 20 heavy (non-hydrogen) atoms. The fraction of sp³-hybridized carbons (Fsp3) is 0.600. The van der Waals surface area contributed by atoms with Crippen molar-refractivity contribution >= 4 is 11.6 Å². The lowest BCUT2D eigenvalue weighted by Crippen LogP contribution is -2.45. The van der Waals surface area contributed by atoms with Crippen LogP contribution in [-0.4, -0.2) is 49.0 Å². The SMILES string of the molecule is CCNc1ccc(C(=O)NC(CN(C)C)C(C)C)nc1. The molecule has 0 radical (unpaired) electrons. The van der Waals surface area contributed by atoms with Gasteiger partial charge in [-0.25, -0.2) is 4.98 Å². The first kappa shape index (κ1) is 16.4. The van der Waals surface area contributed by atoms with Gasteiger partial charge in [-0.3, -0.25) is 4.79 Å². The highest BCUT2D eigenvalue weighted by molar-refractivity contribution is 5.92. The molecule has 0 aliphatic rings. The summed E-state index contributed by atoms with van der Waals surface area (Å²) in [4.78, 5) is 18.5. The first-order valence-electron chi connectivity index (χ1n) is 7.09. The van der Waals surface area contributed by atoms with E-state index in [0.717, 1.165) is 18.8 Å². The molecule has 2 N–H and O–H groups in total. The van der Waals surface area contributed by atoms with Crippen molar-refractivity contribution in [1.82, 2.24) is 15.2 Å². The zero-order valence-electron chi connectivity index (χ0n) is 13.1. The van der Waals surface area contributed by atoms with Crippen LogP contribution in [0.2, 0.25) is 0 Å². The number of hydrogen-bond acceptors (Lipinski definition) is 4. The second-order valence-electron chi connectivity index (χ2n) is 5.55. The Bertz CT molecular complexity index is 414. The van der Waals surface area contributed by atoms with Gasteiger partial charge in [-0.15, -0.1) is 0 Å². The Kier molecular flexibility index (Phi) is 6.45. The average molecular weight is 278 g/mol. The molecule has 0 aliphatic carbocycles. The first-order chi connectivity index (χ1) is 9.43. The van der Waals surface area contributed by atoms with Gasteiger partial charge < -0.3 is 15.5 Å². The molecule has 5 heteroatoms. The van der Waals surface area contributed by atoms with Crippen LogP contribution in [0.4, 0.5) is 5.69 Å². The van der Waals surface area contributed by atoms with Gasteiger partial charge in [-0.1, -0.05) is 13.8 Å². The number of hydrogen-bond donors (Lipinski definition) is 2. The van der Waals surface area contributed by atoms with E-state index < -0.39 is 0 Å². The summed E-state index contributed by atoms with van der Waals surface area (Å²) in [5.74, 6) is 0.260. The summed E-state index contributed by atoms with van der Waals surface area (Å²) in [6.45, 7) is 7.89. The molecular formula is C15H26N4O. The second-order valence-corrected chi connectivity index (χ2v) is 5.55. The summed E-state index contributed by atoms with van der Waals surface area (Å²) in [5, 5.41) is 6.21. The summed E-state index contributed by atoms with van der Waals surface area (Å²) >= 11 is 0. The number of carbonyl (C=O) groups excluding carboxylic acids is 1. The number of rotatable bonds is 7. The highest BCUT2D eigenvalue weighted by Crippen LogP contribution is 2.08. The van der Waals surface area contributed by atoms with Crippen molar-refractivity contribution in [3.8, 4) is 0 Å².